The summed E-state index contributed by atoms with van der Waals surface area (Å²) in [6.45, 7) is 1.89. The van der Waals surface area contributed by atoms with Gasteiger partial charge in [-0.1, -0.05) is 23.7 Å². The van der Waals surface area contributed by atoms with Gasteiger partial charge in [-0.3, -0.25) is 0 Å². The molecule has 0 fully saturated rings. The SMILES string of the molecule is Cc1nc(Br)oc1-c1cccc(Cl)c1. The first kappa shape index (κ1) is 9.74. The first-order valence-electron chi connectivity index (χ1n) is 4.05. The molecule has 0 amide bonds. The number of benzene rings is 1. The molecule has 0 bridgehead atoms. The van der Waals surface area contributed by atoms with E-state index >= 15 is 0 Å². The molecule has 0 aliphatic carbocycles. The van der Waals surface area contributed by atoms with Crippen LogP contribution in [0.25, 0.3) is 11.3 Å². The molecule has 0 saturated heterocycles. The van der Waals surface area contributed by atoms with E-state index < -0.39 is 0 Å². The minimum Gasteiger partial charge on any atom is -0.431 e. The third kappa shape index (κ3) is 1.83. The fraction of sp³-hybridized carbons (Fsp3) is 0.100. The van der Waals surface area contributed by atoms with E-state index in [1.807, 2.05) is 31.2 Å². The van der Waals surface area contributed by atoms with Gasteiger partial charge >= 0.3 is 0 Å². The first-order chi connectivity index (χ1) is 6.66. The second-order valence-corrected chi connectivity index (χ2v) is 4.01. The molecule has 0 unspecified atom stereocenters. The molecule has 14 heavy (non-hydrogen) atoms. The van der Waals surface area contributed by atoms with Gasteiger partial charge in [0.05, 0.1) is 5.69 Å². The van der Waals surface area contributed by atoms with Crippen molar-refractivity contribution in [2.45, 2.75) is 6.92 Å². The summed E-state index contributed by atoms with van der Waals surface area (Å²) in [4.78, 5) is 4.61. The molecule has 4 heteroatoms. The van der Waals surface area contributed by atoms with Gasteiger partial charge < -0.3 is 4.42 Å². The van der Waals surface area contributed by atoms with Crippen LogP contribution in [0.15, 0.2) is 33.5 Å². The van der Waals surface area contributed by atoms with Gasteiger partial charge in [0.25, 0.3) is 4.80 Å². The van der Waals surface area contributed by atoms with Gasteiger partial charge in [0, 0.05) is 26.5 Å². The average Bonchev–Trinajstić information content (AvgIpc) is 2.45. The van der Waals surface area contributed by atoms with Crippen LogP contribution in [-0.2, 0) is 0 Å². The Labute approximate surface area is 95.0 Å². The molecule has 0 spiro atoms. The average molecular weight is 273 g/mol. The Balaban J connectivity index is 2.54. The van der Waals surface area contributed by atoms with Crippen molar-refractivity contribution in [2.24, 2.45) is 0 Å². The lowest BCUT2D eigenvalue weighted by atomic mass is 10.1. The molecular weight excluding hydrogens is 265 g/mol. The lowest BCUT2D eigenvalue weighted by Gasteiger charge is -1.97. The van der Waals surface area contributed by atoms with E-state index in [4.69, 9.17) is 16.0 Å². The summed E-state index contributed by atoms with van der Waals surface area (Å²) in [5, 5.41) is 0.689. The summed E-state index contributed by atoms with van der Waals surface area (Å²) >= 11 is 9.07. The molecule has 0 aliphatic heterocycles. The lowest BCUT2D eigenvalue weighted by Crippen LogP contribution is -1.78. The molecule has 0 saturated carbocycles. The summed E-state index contributed by atoms with van der Waals surface area (Å²) in [5.74, 6) is 0.749. The Morgan fingerprint density at radius 2 is 2.21 bits per heavy atom. The maximum absolute atomic E-state index is 5.88. The molecule has 1 aromatic heterocycles. The van der Waals surface area contributed by atoms with Crippen molar-refractivity contribution in [3.63, 3.8) is 0 Å². The van der Waals surface area contributed by atoms with Gasteiger partial charge in [-0.15, -0.1) is 0 Å². The van der Waals surface area contributed by atoms with Crippen LogP contribution in [0.3, 0.4) is 0 Å². The van der Waals surface area contributed by atoms with Gasteiger partial charge in [-0.2, -0.15) is 0 Å². The molecule has 0 radical (unpaired) electrons. The van der Waals surface area contributed by atoms with E-state index in [9.17, 15) is 0 Å². The summed E-state index contributed by atoms with van der Waals surface area (Å²) in [7, 11) is 0. The van der Waals surface area contributed by atoms with Crippen molar-refractivity contribution in [2.75, 3.05) is 0 Å². The summed E-state index contributed by atoms with van der Waals surface area (Å²) in [5.41, 5.74) is 1.78. The summed E-state index contributed by atoms with van der Waals surface area (Å²) < 4.78 is 5.40. The molecule has 0 aliphatic rings. The molecule has 0 atom stereocenters. The van der Waals surface area contributed by atoms with Gasteiger partial charge in [0.2, 0.25) is 0 Å². The first-order valence-corrected chi connectivity index (χ1v) is 5.23. The predicted octanol–water partition coefficient (Wildman–Crippen LogP) is 4.07. The van der Waals surface area contributed by atoms with Crippen molar-refractivity contribution < 1.29 is 4.42 Å². The molecular formula is C10H7BrClNO. The van der Waals surface area contributed by atoms with Crippen LogP contribution in [-0.4, -0.2) is 4.98 Å². The highest BCUT2D eigenvalue weighted by Gasteiger charge is 2.09. The van der Waals surface area contributed by atoms with E-state index in [2.05, 4.69) is 20.9 Å². The zero-order valence-corrected chi connectivity index (χ0v) is 9.76. The van der Waals surface area contributed by atoms with Crippen LogP contribution in [0.4, 0.5) is 0 Å². The number of rotatable bonds is 1. The van der Waals surface area contributed by atoms with Crippen LogP contribution < -0.4 is 0 Å². The Bertz CT molecular complexity index is 467. The van der Waals surface area contributed by atoms with Crippen LogP contribution in [0.5, 0.6) is 0 Å². The Hall–Kier alpha value is -0.800. The Morgan fingerprint density at radius 3 is 2.79 bits per heavy atom. The standard InChI is InChI=1S/C10H7BrClNO/c1-6-9(14-10(11)13-6)7-3-2-4-8(12)5-7/h2-5H,1H3. The van der Waals surface area contributed by atoms with Crippen LogP contribution in [0.2, 0.25) is 5.02 Å². The molecule has 2 nitrogen and oxygen atoms in total. The van der Waals surface area contributed by atoms with Crippen LogP contribution in [0, 0.1) is 6.92 Å². The zero-order valence-electron chi connectivity index (χ0n) is 7.42. The summed E-state index contributed by atoms with van der Waals surface area (Å²) in [6.07, 6.45) is 0. The van der Waals surface area contributed by atoms with Gasteiger partial charge in [-0.05, 0) is 19.1 Å². The number of aryl methyl sites for hydroxylation is 1. The van der Waals surface area contributed by atoms with Crippen molar-refractivity contribution in [3.05, 3.63) is 39.8 Å². The fourth-order valence-electron chi connectivity index (χ4n) is 1.26. The van der Waals surface area contributed by atoms with Crippen molar-refractivity contribution >= 4 is 27.5 Å². The minimum absolute atomic E-state index is 0.491. The summed E-state index contributed by atoms with van der Waals surface area (Å²) in [6, 6.07) is 7.49. The highest BCUT2D eigenvalue weighted by molar-refractivity contribution is 9.10. The fourth-order valence-corrected chi connectivity index (χ4v) is 1.88. The third-order valence-electron chi connectivity index (χ3n) is 1.86. The topological polar surface area (TPSA) is 26.0 Å². The number of oxazole rings is 1. The smallest absolute Gasteiger partial charge is 0.264 e. The molecule has 72 valence electrons. The molecule has 2 aromatic rings. The highest BCUT2D eigenvalue weighted by atomic mass is 79.9. The molecule has 0 N–H and O–H groups in total. The third-order valence-corrected chi connectivity index (χ3v) is 2.43. The minimum atomic E-state index is 0.491. The van der Waals surface area contributed by atoms with Gasteiger partial charge in [-0.25, -0.2) is 4.98 Å². The van der Waals surface area contributed by atoms with Gasteiger partial charge in [0.15, 0.2) is 5.76 Å². The van der Waals surface area contributed by atoms with Crippen LogP contribution in [0.1, 0.15) is 5.69 Å². The second-order valence-electron chi connectivity index (χ2n) is 2.89. The molecule has 2 rings (SSSR count). The van der Waals surface area contributed by atoms with Crippen molar-refractivity contribution in [1.82, 2.24) is 4.98 Å². The monoisotopic (exact) mass is 271 g/mol. The number of nitrogens with zero attached hydrogens (tertiary/aromatic N) is 1. The van der Waals surface area contributed by atoms with E-state index in [0.717, 1.165) is 17.0 Å². The molecule has 1 aromatic carbocycles. The van der Waals surface area contributed by atoms with E-state index in [1.165, 1.54) is 0 Å². The van der Waals surface area contributed by atoms with E-state index in [0.29, 0.717) is 9.82 Å². The van der Waals surface area contributed by atoms with Crippen molar-refractivity contribution in [1.29, 1.82) is 0 Å². The predicted molar refractivity (Wildman–Crippen MR) is 59.4 cm³/mol. The van der Waals surface area contributed by atoms with E-state index in [1.54, 1.807) is 0 Å². The lowest BCUT2D eigenvalue weighted by molar-refractivity contribution is 0.542. The number of halogens is 2. The number of hydrogen-bond acceptors (Lipinski definition) is 2. The maximum atomic E-state index is 5.88. The van der Waals surface area contributed by atoms with Gasteiger partial charge in [0.1, 0.15) is 0 Å². The number of aromatic nitrogens is 1. The molecule has 1 heterocycles. The van der Waals surface area contributed by atoms with E-state index in [-0.39, 0.29) is 0 Å². The Kier molecular flexibility index (Phi) is 2.61. The van der Waals surface area contributed by atoms with Crippen LogP contribution >= 0.6 is 27.5 Å². The van der Waals surface area contributed by atoms with Crippen molar-refractivity contribution in [3.8, 4) is 11.3 Å². The zero-order chi connectivity index (χ0) is 10.1. The highest BCUT2D eigenvalue weighted by Crippen LogP contribution is 2.28. The largest absolute Gasteiger partial charge is 0.431 e. The normalized spacial score (nSPS) is 10.5. The maximum Gasteiger partial charge on any atom is 0.264 e. The number of hydrogen-bond donors (Lipinski definition) is 0. The second kappa shape index (κ2) is 3.75. The quantitative estimate of drug-likeness (QED) is 0.782. The Morgan fingerprint density at radius 1 is 1.43 bits per heavy atom.